The highest BCUT2D eigenvalue weighted by Crippen LogP contribution is 2.10. The van der Waals surface area contributed by atoms with Crippen molar-refractivity contribution in [2.45, 2.75) is 12.8 Å². The fraction of sp³-hybridized carbons (Fsp3) is 0.667. The van der Waals surface area contributed by atoms with Crippen molar-refractivity contribution in [3.05, 3.63) is 0 Å². The van der Waals surface area contributed by atoms with E-state index >= 15 is 0 Å². The molecule has 0 aromatic rings. The van der Waals surface area contributed by atoms with Gasteiger partial charge in [-0.1, -0.05) is 0 Å². The number of carboxylic acid groups (broad SMARTS) is 1. The molecule has 6 nitrogen and oxygen atoms in total. The third kappa shape index (κ3) is 3.67. The Bertz CT molecular complexity index is 299. The van der Waals surface area contributed by atoms with Gasteiger partial charge in [0.05, 0.1) is 25.1 Å². The Balaban J connectivity index is 2.48. The summed E-state index contributed by atoms with van der Waals surface area (Å²) in [5.74, 6) is -1.07. The Labute approximate surface area is 88.2 Å². The largest absolute Gasteiger partial charge is 0.481 e. The zero-order valence-electron chi connectivity index (χ0n) is 8.93. The molecule has 0 unspecified atom stereocenters. The summed E-state index contributed by atoms with van der Waals surface area (Å²) in [4.78, 5) is 23.7. The van der Waals surface area contributed by atoms with E-state index in [2.05, 4.69) is 5.10 Å². The van der Waals surface area contributed by atoms with Crippen molar-refractivity contribution < 1.29 is 14.7 Å². The predicted octanol–water partition coefficient (Wildman–Crippen LogP) is -0.389. The lowest BCUT2D eigenvalue weighted by Crippen LogP contribution is -2.29. The molecule has 84 valence electrons. The van der Waals surface area contributed by atoms with Crippen LogP contribution in [-0.2, 0) is 9.59 Å². The molecule has 1 amide bonds. The highest BCUT2D eigenvalue weighted by atomic mass is 16.4. The lowest BCUT2D eigenvalue weighted by Gasteiger charge is -2.14. The maximum Gasteiger partial charge on any atom is 0.309 e. The van der Waals surface area contributed by atoms with Crippen LogP contribution in [-0.4, -0.2) is 59.8 Å². The van der Waals surface area contributed by atoms with Crippen LogP contribution in [0.15, 0.2) is 5.10 Å². The summed E-state index contributed by atoms with van der Waals surface area (Å²) in [5.41, 5.74) is 0.436. The van der Waals surface area contributed by atoms with Gasteiger partial charge in [-0.25, -0.2) is 5.01 Å². The number of hydrazone groups is 1. The predicted molar refractivity (Wildman–Crippen MR) is 54.6 cm³/mol. The number of likely N-dealkylation sites (N-methyl/N-ethyl adjacent to an activating group) is 1. The summed E-state index contributed by atoms with van der Waals surface area (Å²) in [7, 11) is 3.81. The van der Waals surface area contributed by atoms with Crippen molar-refractivity contribution in [3.8, 4) is 0 Å². The van der Waals surface area contributed by atoms with E-state index in [-0.39, 0.29) is 18.7 Å². The van der Waals surface area contributed by atoms with Gasteiger partial charge in [-0.05, 0) is 14.1 Å². The number of carboxylic acids is 1. The highest BCUT2D eigenvalue weighted by molar-refractivity contribution is 6.10. The highest BCUT2D eigenvalue weighted by Gasteiger charge is 2.24. The van der Waals surface area contributed by atoms with E-state index in [9.17, 15) is 9.59 Å². The Morgan fingerprint density at radius 1 is 1.60 bits per heavy atom. The molecule has 0 bridgehead atoms. The molecular weight excluding hydrogens is 198 g/mol. The topological polar surface area (TPSA) is 73.2 Å². The molecule has 15 heavy (non-hydrogen) atoms. The summed E-state index contributed by atoms with van der Waals surface area (Å²) in [6.45, 7) is 1.23. The maximum absolute atomic E-state index is 11.4. The van der Waals surface area contributed by atoms with Crippen LogP contribution in [0, 0.1) is 0 Å². The maximum atomic E-state index is 11.4. The molecule has 0 spiro atoms. The van der Waals surface area contributed by atoms with Crippen molar-refractivity contribution in [3.63, 3.8) is 0 Å². The molecule has 6 heteroatoms. The quantitative estimate of drug-likeness (QED) is 0.675. The van der Waals surface area contributed by atoms with Crippen molar-refractivity contribution in [2.75, 3.05) is 27.2 Å². The van der Waals surface area contributed by atoms with Gasteiger partial charge >= 0.3 is 5.97 Å². The number of carbonyl (C=O) groups excluding carboxylic acids is 1. The van der Waals surface area contributed by atoms with Gasteiger partial charge in [-0.15, -0.1) is 0 Å². The molecular formula is C9H15N3O3. The summed E-state index contributed by atoms with van der Waals surface area (Å²) in [6.07, 6.45) is -0.00999. The molecule has 0 aliphatic carbocycles. The van der Waals surface area contributed by atoms with Crippen LogP contribution in [0.4, 0.5) is 0 Å². The second kappa shape index (κ2) is 4.88. The number of hydrogen-bond donors (Lipinski definition) is 1. The third-order valence-electron chi connectivity index (χ3n) is 2.02. The van der Waals surface area contributed by atoms with Crippen LogP contribution in [0.25, 0.3) is 0 Å². The molecule has 1 heterocycles. The number of amides is 1. The lowest BCUT2D eigenvalue weighted by atomic mass is 10.2. The Morgan fingerprint density at radius 2 is 2.27 bits per heavy atom. The minimum Gasteiger partial charge on any atom is -0.481 e. The molecule has 0 aromatic carbocycles. The van der Waals surface area contributed by atoms with Crippen molar-refractivity contribution >= 4 is 17.6 Å². The minimum atomic E-state index is -0.948. The average molecular weight is 213 g/mol. The Kier molecular flexibility index (Phi) is 3.79. The van der Waals surface area contributed by atoms with Gasteiger partial charge < -0.3 is 10.0 Å². The van der Waals surface area contributed by atoms with Gasteiger partial charge in [-0.3, -0.25) is 9.59 Å². The van der Waals surface area contributed by atoms with Crippen LogP contribution < -0.4 is 0 Å². The van der Waals surface area contributed by atoms with E-state index < -0.39 is 5.97 Å². The molecule has 0 radical (unpaired) electrons. The normalized spacial score (nSPS) is 16.1. The minimum absolute atomic E-state index is 0.117. The molecule has 1 aliphatic rings. The molecule has 0 fully saturated rings. The summed E-state index contributed by atoms with van der Waals surface area (Å²) >= 11 is 0. The van der Waals surface area contributed by atoms with Gasteiger partial charge in [0.2, 0.25) is 5.91 Å². The third-order valence-corrected chi connectivity index (χ3v) is 2.02. The molecule has 0 saturated heterocycles. The number of aliphatic carboxylic acids is 1. The van der Waals surface area contributed by atoms with Crippen molar-refractivity contribution in [2.24, 2.45) is 5.10 Å². The van der Waals surface area contributed by atoms with E-state index in [0.717, 1.165) is 6.54 Å². The summed E-state index contributed by atoms with van der Waals surface area (Å²) in [6, 6.07) is 0. The summed E-state index contributed by atoms with van der Waals surface area (Å²) in [5, 5.41) is 13.9. The number of hydrogen-bond acceptors (Lipinski definition) is 4. The first-order chi connectivity index (χ1) is 6.99. The van der Waals surface area contributed by atoms with Gasteiger partial charge in [-0.2, -0.15) is 5.10 Å². The fourth-order valence-corrected chi connectivity index (χ4v) is 1.27. The van der Waals surface area contributed by atoms with E-state index in [1.165, 1.54) is 5.01 Å². The molecule has 0 atom stereocenters. The van der Waals surface area contributed by atoms with Crippen molar-refractivity contribution in [1.29, 1.82) is 0 Å². The van der Waals surface area contributed by atoms with Gasteiger partial charge in [0.15, 0.2) is 0 Å². The van der Waals surface area contributed by atoms with Crippen LogP contribution in [0.2, 0.25) is 0 Å². The molecule has 0 aromatic heterocycles. The molecule has 1 N–H and O–H groups in total. The first-order valence-corrected chi connectivity index (χ1v) is 4.72. The van der Waals surface area contributed by atoms with Gasteiger partial charge in [0.25, 0.3) is 0 Å². The van der Waals surface area contributed by atoms with Crippen LogP contribution in [0.5, 0.6) is 0 Å². The van der Waals surface area contributed by atoms with E-state index in [1.807, 2.05) is 19.0 Å². The zero-order valence-corrected chi connectivity index (χ0v) is 8.93. The average Bonchev–Trinajstić information content (AvgIpc) is 2.41. The molecule has 1 aliphatic heterocycles. The first kappa shape index (κ1) is 11.6. The number of nitrogens with zero attached hydrogens (tertiary/aromatic N) is 3. The molecule has 1 rings (SSSR count). The van der Waals surface area contributed by atoms with Crippen LogP contribution in [0.1, 0.15) is 12.8 Å². The van der Waals surface area contributed by atoms with Crippen LogP contribution in [0.3, 0.4) is 0 Å². The summed E-state index contributed by atoms with van der Waals surface area (Å²) < 4.78 is 0. The Hall–Kier alpha value is -1.43. The second-order valence-corrected chi connectivity index (χ2v) is 3.73. The van der Waals surface area contributed by atoms with Gasteiger partial charge in [0.1, 0.15) is 0 Å². The monoisotopic (exact) mass is 213 g/mol. The Morgan fingerprint density at radius 3 is 2.80 bits per heavy atom. The van der Waals surface area contributed by atoms with Crippen LogP contribution >= 0.6 is 0 Å². The van der Waals surface area contributed by atoms with E-state index in [4.69, 9.17) is 5.11 Å². The zero-order chi connectivity index (χ0) is 11.4. The van der Waals surface area contributed by atoms with Crippen molar-refractivity contribution in [1.82, 2.24) is 9.91 Å². The number of rotatable bonds is 5. The number of carbonyl (C=O) groups is 2. The fourth-order valence-electron chi connectivity index (χ4n) is 1.27. The SMILES string of the molecule is CN(C)CCN1N=C(CC(=O)O)CC1=O. The molecule has 0 saturated carbocycles. The van der Waals surface area contributed by atoms with E-state index in [1.54, 1.807) is 0 Å². The van der Waals surface area contributed by atoms with E-state index in [0.29, 0.717) is 12.3 Å². The second-order valence-electron chi connectivity index (χ2n) is 3.73. The smallest absolute Gasteiger partial charge is 0.309 e. The lowest BCUT2D eigenvalue weighted by molar-refractivity contribution is -0.135. The van der Waals surface area contributed by atoms with Gasteiger partial charge in [0, 0.05) is 6.54 Å². The standard InChI is InChI=1S/C9H15N3O3/c1-11(2)3-4-12-8(13)5-7(10-12)6-9(14)15/h3-6H2,1-2H3,(H,14,15). The first-order valence-electron chi connectivity index (χ1n) is 4.72.